The Balaban J connectivity index is 1.75. The van der Waals surface area contributed by atoms with Crippen LogP contribution < -0.4 is 10.6 Å². The Hall–Kier alpha value is -2.73. The van der Waals surface area contributed by atoms with Crippen LogP contribution in [-0.4, -0.2) is 43.9 Å². The first-order chi connectivity index (χ1) is 14.8. The van der Waals surface area contributed by atoms with Crippen LogP contribution in [0.3, 0.4) is 0 Å². The van der Waals surface area contributed by atoms with E-state index in [-0.39, 0.29) is 36.3 Å². The fourth-order valence-electron chi connectivity index (χ4n) is 4.28. The Morgan fingerprint density at radius 2 is 1.47 bits per heavy atom. The summed E-state index contributed by atoms with van der Waals surface area (Å²) >= 11 is 0. The van der Waals surface area contributed by atoms with Crippen LogP contribution >= 0.6 is 0 Å². The zero-order valence-corrected chi connectivity index (χ0v) is 16.6. The molecule has 4 rings (SSSR count). The van der Waals surface area contributed by atoms with Crippen LogP contribution in [0.15, 0.2) is 18.2 Å². The number of nitrogens with zero attached hydrogens (tertiary/aromatic N) is 5. The van der Waals surface area contributed by atoms with Gasteiger partial charge in [0.05, 0.1) is 0 Å². The molecule has 0 radical (unpaired) electrons. The number of anilines is 2. The van der Waals surface area contributed by atoms with Crippen LogP contribution in [0.5, 0.6) is 0 Å². The van der Waals surface area contributed by atoms with Gasteiger partial charge < -0.3 is 10.6 Å². The van der Waals surface area contributed by atoms with E-state index in [0.29, 0.717) is 0 Å². The van der Waals surface area contributed by atoms with E-state index in [1.54, 1.807) is 0 Å². The summed E-state index contributed by atoms with van der Waals surface area (Å²) < 4.78 is 94.8. The molecule has 2 aromatic rings. The maximum atomic E-state index is 13.9. The molecule has 174 valence electrons. The van der Waals surface area contributed by atoms with Crippen LogP contribution in [0.2, 0.25) is 0 Å². The minimum absolute atomic E-state index is 0.0256. The Morgan fingerprint density at radius 3 is 1.97 bits per heavy atom. The minimum atomic E-state index is -4.71. The van der Waals surface area contributed by atoms with Crippen LogP contribution in [-0.2, 0) is 6.18 Å². The lowest BCUT2D eigenvalue weighted by molar-refractivity contribution is -0.141. The molecule has 0 spiro atoms. The molecular formula is C19H19F7N6. The maximum Gasteiger partial charge on any atom is 0.433 e. The molecule has 2 aliphatic carbocycles. The van der Waals surface area contributed by atoms with Crippen LogP contribution in [0, 0.1) is 0 Å². The van der Waals surface area contributed by atoms with Gasteiger partial charge in [0, 0.05) is 37.8 Å². The number of hydrogen-bond donors (Lipinski definition) is 1. The van der Waals surface area contributed by atoms with Gasteiger partial charge in [0.15, 0.2) is 5.82 Å². The van der Waals surface area contributed by atoms with E-state index in [2.05, 4.69) is 19.9 Å². The number of aromatic nitrogens is 4. The van der Waals surface area contributed by atoms with Crippen molar-refractivity contribution in [1.82, 2.24) is 19.9 Å². The summed E-state index contributed by atoms with van der Waals surface area (Å²) in [5, 5.41) is 0. The average Bonchev–Trinajstić information content (AvgIpc) is 3.22. The van der Waals surface area contributed by atoms with Gasteiger partial charge in [0.25, 0.3) is 0 Å². The second kappa shape index (κ2) is 7.69. The molecule has 2 aliphatic rings. The molecule has 0 unspecified atom stereocenters. The average molecular weight is 464 g/mol. The summed E-state index contributed by atoms with van der Waals surface area (Å²) in [6.07, 6.45) is -6.64. The van der Waals surface area contributed by atoms with Gasteiger partial charge in [-0.15, -0.1) is 0 Å². The molecule has 2 aromatic heterocycles. The summed E-state index contributed by atoms with van der Waals surface area (Å²) in [6.45, 7) is 0. The lowest BCUT2D eigenvalue weighted by atomic mass is 10.1. The summed E-state index contributed by atoms with van der Waals surface area (Å²) in [7, 11) is 0. The highest BCUT2D eigenvalue weighted by Gasteiger charge is 2.49. The molecule has 2 heterocycles. The van der Waals surface area contributed by atoms with Crippen LogP contribution in [0.4, 0.5) is 42.6 Å². The molecule has 2 N–H and O–H groups in total. The van der Waals surface area contributed by atoms with E-state index < -0.39 is 61.5 Å². The molecule has 2 atom stereocenters. The molecular weight excluding hydrogens is 445 g/mol. The molecule has 0 amide bonds. The number of halogens is 7. The van der Waals surface area contributed by atoms with Crippen molar-refractivity contribution in [1.29, 1.82) is 0 Å². The van der Waals surface area contributed by atoms with Gasteiger partial charge in [0.2, 0.25) is 23.7 Å². The van der Waals surface area contributed by atoms with Crippen molar-refractivity contribution in [3.05, 3.63) is 23.9 Å². The predicted molar refractivity (Wildman–Crippen MR) is 100 cm³/mol. The molecule has 32 heavy (non-hydrogen) atoms. The van der Waals surface area contributed by atoms with E-state index in [9.17, 15) is 30.7 Å². The molecule has 0 saturated heterocycles. The maximum absolute atomic E-state index is 13.9. The van der Waals surface area contributed by atoms with Crippen molar-refractivity contribution in [3.63, 3.8) is 0 Å². The van der Waals surface area contributed by atoms with Gasteiger partial charge in [-0.1, -0.05) is 6.07 Å². The van der Waals surface area contributed by atoms with E-state index in [0.717, 1.165) is 12.1 Å². The van der Waals surface area contributed by atoms with E-state index >= 15 is 0 Å². The molecule has 2 saturated carbocycles. The molecule has 2 fully saturated rings. The number of hydrogen-bond acceptors (Lipinski definition) is 6. The summed E-state index contributed by atoms with van der Waals surface area (Å²) in [5.41, 5.74) is 4.28. The third kappa shape index (κ3) is 4.70. The van der Waals surface area contributed by atoms with Gasteiger partial charge in [-0.3, -0.25) is 0 Å². The Kier molecular flexibility index (Phi) is 5.40. The van der Waals surface area contributed by atoms with Gasteiger partial charge in [0.1, 0.15) is 11.4 Å². The first-order valence-corrected chi connectivity index (χ1v) is 9.93. The SMILES string of the molecule is Nc1nc(-c2cccc(C(F)(F)F)n2)nc(N([C@@H]2CCC(F)(F)C2)[C@@H]2CCC(F)(F)C2)n1. The van der Waals surface area contributed by atoms with Crippen molar-refractivity contribution in [2.75, 3.05) is 10.6 Å². The molecule has 13 heteroatoms. The normalized spacial score (nSPS) is 24.6. The Labute approximate surface area is 178 Å². The van der Waals surface area contributed by atoms with Crippen molar-refractivity contribution in [2.24, 2.45) is 0 Å². The van der Waals surface area contributed by atoms with Gasteiger partial charge in [-0.05, 0) is 25.0 Å². The predicted octanol–water partition coefficient (Wildman–Crippen LogP) is 4.72. The number of alkyl halides is 7. The first kappa shape index (κ1) is 22.5. The lowest BCUT2D eigenvalue weighted by Gasteiger charge is -2.34. The largest absolute Gasteiger partial charge is 0.433 e. The smallest absolute Gasteiger partial charge is 0.368 e. The number of rotatable bonds is 4. The van der Waals surface area contributed by atoms with E-state index in [4.69, 9.17) is 5.73 Å². The molecule has 0 bridgehead atoms. The standard InChI is InChI=1S/C19H19F7N6/c20-17(21)6-4-10(8-17)32(11-5-7-18(22,23)9-11)16-30-14(29-15(27)31-16)12-2-1-3-13(28-12)19(24,25)26/h1-3,10-11H,4-9H2,(H2,27,29,30,31)/t10-,11-/m1/s1. The zero-order chi connectivity index (χ0) is 23.3. The highest BCUT2D eigenvalue weighted by molar-refractivity contribution is 5.54. The van der Waals surface area contributed by atoms with Gasteiger partial charge >= 0.3 is 6.18 Å². The molecule has 6 nitrogen and oxygen atoms in total. The Morgan fingerprint density at radius 1 is 0.875 bits per heavy atom. The molecule has 0 aromatic carbocycles. The van der Waals surface area contributed by atoms with E-state index in [1.165, 1.54) is 11.0 Å². The van der Waals surface area contributed by atoms with Crippen molar-refractivity contribution in [3.8, 4) is 11.5 Å². The van der Waals surface area contributed by atoms with E-state index in [1.807, 2.05) is 0 Å². The van der Waals surface area contributed by atoms with Crippen LogP contribution in [0.25, 0.3) is 11.5 Å². The highest BCUT2D eigenvalue weighted by Crippen LogP contribution is 2.44. The number of pyridine rings is 1. The third-order valence-electron chi connectivity index (χ3n) is 5.68. The van der Waals surface area contributed by atoms with Crippen molar-refractivity contribution in [2.45, 2.75) is 68.6 Å². The quantitative estimate of drug-likeness (QED) is 0.660. The first-order valence-electron chi connectivity index (χ1n) is 9.93. The fraction of sp³-hybridized carbons (Fsp3) is 0.579. The topological polar surface area (TPSA) is 80.8 Å². The summed E-state index contributed by atoms with van der Waals surface area (Å²) in [6, 6.07) is 1.45. The lowest BCUT2D eigenvalue weighted by Crippen LogP contribution is -2.43. The third-order valence-corrected chi connectivity index (χ3v) is 5.68. The van der Waals surface area contributed by atoms with Crippen molar-refractivity contribution >= 4 is 11.9 Å². The number of nitrogens with two attached hydrogens (primary N) is 1. The van der Waals surface area contributed by atoms with Gasteiger partial charge in [-0.25, -0.2) is 22.5 Å². The van der Waals surface area contributed by atoms with Crippen LogP contribution in [0.1, 0.15) is 44.2 Å². The highest BCUT2D eigenvalue weighted by atomic mass is 19.4. The number of nitrogen functional groups attached to an aromatic ring is 1. The summed E-state index contributed by atoms with van der Waals surface area (Å²) in [4.78, 5) is 16.7. The Bertz CT molecular complexity index is 970. The fourth-order valence-corrected chi connectivity index (χ4v) is 4.28. The monoisotopic (exact) mass is 464 g/mol. The summed E-state index contributed by atoms with van der Waals surface area (Å²) in [5.74, 6) is -6.85. The zero-order valence-electron chi connectivity index (χ0n) is 16.6. The second-order valence-electron chi connectivity index (χ2n) is 8.14. The second-order valence-corrected chi connectivity index (χ2v) is 8.14. The van der Waals surface area contributed by atoms with Crippen molar-refractivity contribution < 1.29 is 30.7 Å². The molecule has 0 aliphatic heterocycles. The van der Waals surface area contributed by atoms with Gasteiger partial charge in [-0.2, -0.15) is 28.1 Å². The minimum Gasteiger partial charge on any atom is -0.368 e.